The van der Waals surface area contributed by atoms with E-state index >= 15 is 0 Å². The molecule has 0 spiro atoms. The summed E-state index contributed by atoms with van der Waals surface area (Å²) in [4.78, 5) is 23.7. The highest BCUT2D eigenvalue weighted by molar-refractivity contribution is 7.99. The molecule has 0 radical (unpaired) electrons. The minimum atomic E-state index is -1.04. The topological polar surface area (TPSA) is 75.6 Å². The molecule has 0 saturated carbocycles. The summed E-state index contributed by atoms with van der Waals surface area (Å²) in [6.45, 7) is 0.302. The Balaban J connectivity index is 2.29. The van der Waals surface area contributed by atoms with Gasteiger partial charge in [-0.3, -0.25) is 4.79 Å². The van der Waals surface area contributed by atoms with E-state index in [4.69, 9.17) is 9.84 Å². The number of carboxylic acids is 1. The number of benzene rings is 1. The van der Waals surface area contributed by atoms with Crippen LogP contribution in [0.15, 0.2) is 35.2 Å². The first-order chi connectivity index (χ1) is 9.63. The van der Waals surface area contributed by atoms with Gasteiger partial charge >= 0.3 is 5.97 Å². The number of amides is 1. The van der Waals surface area contributed by atoms with E-state index in [1.807, 2.05) is 30.3 Å². The summed E-state index contributed by atoms with van der Waals surface area (Å²) < 4.78 is 4.82. The molecule has 1 rings (SSSR count). The highest BCUT2D eigenvalue weighted by atomic mass is 32.2. The van der Waals surface area contributed by atoms with Gasteiger partial charge in [0.1, 0.15) is 6.04 Å². The SMILES string of the molecule is COCCC(NC(=O)CCSc1ccccc1)C(=O)O. The Hall–Kier alpha value is -1.53. The Bertz CT molecular complexity index is 424. The minimum absolute atomic E-state index is 0.253. The molecule has 0 aliphatic rings. The average Bonchev–Trinajstić information content (AvgIpc) is 2.44. The largest absolute Gasteiger partial charge is 0.480 e. The minimum Gasteiger partial charge on any atom is -0.480 e. The van der Waals surface area contributed by atoms with Crippen LogP contribution in [0.25, 0.3) is 0 Å². The van der Waals surface area contributed by atoms with E-state index in [1.54, 1.807) is 11.8 Å². The van der Waals surface area contributed by atoms with Crippen LogP contribution in [0.1, 0.15) is 12.8 Å². The number of nitrogens with one attached hydrogen (secondary N) is 1. The fraction of sp³-hybridized carbons (Fsp3) is 0.429. The second-order valence-electron chi connectivity index (χ2n) is 4.15. The van der Waals surface area contributed by atoms with E-state index in [2.05, 4.69) is 5.32 Å². The summed E-state index contributed by atoms with van der Waals surface area (Å²) in [5, 5.41) is 11.5. The molecule has 1 amide bonds. The standard InChI is InChI=1S/C14H19NO4S/c1-19-9-7-12(14(17)18)15-13(16)8-10-20-11-5-3-2-4-6-11/h2-6,12H,7-10H2,1H3,(H,15,16)(H,17,18). The van der Waals surface area contributed by atoms with Gasteiger partial charge in [0.15, 0.2) is 0 Å². The first-order valence-corrected chi connectivity index (χ1v) is 7.31. The number of thioether (sulfide) groups is 1. The van der Waals surface area contributed by atoms with Crippen LogP contribution in [-0.4, -0.2) is 42.5 Å². The maximum atomic E-state index is 11.7. The van der Waals surface area contributed by atoms with E-state index in [0.29, 0.717) is 12.4 Å². The third-order valence-electron chi connectivity index (χ3n) is 2.59. The molecule has 5 nitrogen and oxygen atoms in total. The van der Waals surface area contributed by atoms with Crippen LogP contribution in [0.2, 0.25) is 0 Å². The predicted octanol–water partition coefficient (Wildman–Crippen LogP) is 1.77. The summed E-state index contributed by atoms with van der Waals surface area (Å²) in [5.41, 5.74) is 0. The lowest BCUT2D eigenvalue weighted by atomic mass is 10.2. The second kappa shape index (κ2) is 9.39. The number of hydrogen-bond donors (Lipinski definition) is 2. The molecule has 1 aromatic carbocycles. The highest BCUT2D eigenvalue weighted by Gasteiger charge is 2.19. The third-order valence-corrected chi connectivity index (χ3v) is 3.60. The Morgan fingerprint density at radius 2 is 2.05 bits per heavy atom. The molecule has 20 heavy (non-hydrogen) atoms. The second-order valence-corrected chi connectivity index (χ2v) is 5.32. The number of carbonyl (C=O) groups excluding carboxylic acids is 1. The zero-order chi connectivity index (χ0) is 14.8. The highest BCUT2D eigenvalue weighted by Crippen LogP contribution is 2.17. The van der Waals surface area contributed by atoms with Gasteiger partial charge < -0.3 is 15.2 Å². The maximum absolute atomic E-state index is 11.7. The Labute approximate surface area is 122 Å². The number of rotatable bonds is 9. The van der Waals surface area contributed by atoms with Crippen molar-refractivity contribution < 1.29 is 19.4 Å². The molecule has 0 fully saturated rings. The van der Waals surface area contributed by atoms with E-state index in [0.717, 1.165) is 4.90 Å². The first-order valence-electron chi connectivity index (χ1n) is 6.32. The summed E-state index contributed by atoms with van der Waals surface area (Å²) in [6, 6.07) is 8.87. The lowest BCUT2D eigenvalue weighted by molar-refractivity contribution is -0.142. The average molecular weight is 297 g/mol. The van der Waals surface area contributed by atoms with Gasteiger partial charge in [0.2, 0.25) is 5.91 Å². The number of hydrogen-bond acceptors (Lipinski definition) is 4. The van der Waals surface area contributed by atoms with E-state index in [9.17, 15) is 9.59 Å². The van der Waals surface area contributed by atoms with Crippen LogP contribution >= 0.6 is 11.8 Å². The van der Waals surface area contributed by atoms with Crippen molar-refractivity contribution in [1.29, 1.82) is 0 Å². The lowest BCUT2D eigenvalue weighted by Crippen LogP contribution is -2.41. The molecule has 1 aromatic rings. The molecule has 0 aliphatic carbocycles. The van der Waals surface area contributed by atoms with Crippen molar-refractivity contribution in [2.45, 2.75) is 23.8 Å². The summed E-state index contributed by atoms with van der Waals surface area (Å²) >= 11 is 1.57. The number of ether oxygens (including phenoxy) is 1. The Kier molecular flexibility index (Phi) is 7.75. The molecule has 0 heterocycles. The monoisotopic (exact) mass is 297 g/mol. The predicted molar refractivity (Wildman–Crippen MR) is 77.8 cm³/mol. The van der Waals surface area contributed by atoms with Gasteiger partial charge in [0, 0.05) is 37.2 Å². The number of carbonyl (C=O) groups is 2. The molecular formula is C14H19NO4S. The summed E-state index contributed by atoms with van der Waals surface area (Å²) in [5.74, 6) is -0.671. The van der Waals surface area contributed by atoms with Gasteiger partial charge in [-0.05, 0) is 12.1 Å². The van der Waals surface area contributed by atoms with Gasteiger partial charge in [-0.1, -0.05) is 18.2 Å². The van der Waals surface area contributed by atoms with Crippen molar-refractivity contribution in [2.24, 2.45) is 0 Å². The zero-order valence-electron chi connectivity index (χ0n) is 11.4. The number of carboxylic acid groups (broad SMARTS) is 1. The van der Waals surface area contributed by atoms with E-state index in [-0.39, 0.29) is 18.7 Å². The van der Waals surface area contributed by atoms with Gasteiger partial charge in [0.25, 0.3) is 0 Å². The summed E-state index contributed by atoms with van der Waals surface area (Å²) in [7, 11) is 1.50. The van der Waals surface area contributed by atoms with Crippen LogP contribution in [0.3, 0.4) is 0 Å². The van der Waals surface area contributed by atoms with Gasteiger partial charge in [-0.2, -0.15) is 0 Å². The fourth-order valence-corrected chi connectivity index (χ4v) is 2.41. The lowest BCUT2D eigenvalue weighted by Gasteiger charge is -2.13. The molecule has 110 valence electrons. The van der Waals surface area contributed by atoms with Crippen LogP contribution in [0, 0.1) is 0 Å². The van der Waals surface area contributed by atoms with Crippen LogP contribution in [-0.2, 0) is 14.3 Å². The number of methoxy groups -OCH3 is 1. The van der Waals surface area contributed by atoms with Gasteiger partial charge in [0.05, 0.1) is 0 Å². The fourth-order valence-electron chi connectivity index (χ4n) is 1.54. The molecule has 0 saturated heterocycles. The molecule has 0 bridgehead atoms. The molecule has 1 atom stereocenters. The Morgan fingerprint density at radius 1 is 1.35 bits per heavy atom. The van der Waals surface area contributed by atoms with Crippen molar-refractivity contribution in [3.8, 4) is 0 Å². The first kappa shape index (κ1) is 16.5. The maximum Gasteiger partial charge on any atom is 0.326 e. The van der Waals surface area contributed by atoms with E-state index in [1.165, 1.54) is 7.11 Å². The molecule has 0 aromatic heterocycles. The molecule has 0 aliphatic heterocycles. The van der Waals surface area contributed by atoms with Crippen molar-refractivity contribution >= 4 is 23.6 Å². The number of aliphatic carboxylic acids is 1. The zero-order valence-corrected chi connectivity index (χ0v) is 12.2. The summed E-state index contributed by atoms with van der Waals surface area (Å²) in [6.07, 6.45) is 0.555. The van der Waals surface area contributed by atoms with Crippen LogP contribution < -0.4 is 5.32 Å². The van der Waals surface area contributed by atoms with E-state index < -0.39 is 12.0 Å². The molecular weight excluding hydrogens is 278 g/mol. The van der Waals surface area contributed by atoms with Gasteiger partial charge in [-0.15, -0.1) is 11.8 Å². The van der Waals surface area contributed by atoms with Crippen molar-refractivity contribution in [2.75, 3.05) is 19.5 Å². The van der Waals surface area contributed by atoms with Crippen LogP contribution in [0.5, 0.6) is 0 Å². The van der Waals surface area contributed by atoms with Crippen molar-refractivity contribution in [3.63, 3.8) is 0 Å². The van der Waals surface area contributed by atoms with Crippen LogP contribution in [0.4, 0.5) is 0 Å². The molecule has 6 heteroatoms. The molecule has 1 unspecified atom stereocenters. The Morgan fingerprint density at radius 3 is 2.65 bits per heavy atom. The smallest absolute Gasteiger partial charge is 0.326 e. The van der Waals surface area contributed by atoms with Crippen molar-refractivity contribution in [3.05, 3.63) is 30.3 Å². The quantitative estimate of drug-likeness (QED) is 0.679. The molecule has 2 N–H and O–H groups in total. The normalized spacial score (nSPS) is 11.8. The van der Waals surface area contributed by atoms with Gasteiger partial charge in [-0.25, -0.2) is 4.79 Å². The van der Waals surface area contributed by atoms with Crippen molar-refractivity contribution in [1.82, 2.24) is 5.32 Å². The third kappa shape index (κ3) is 6.58.